The van der Waals surface area contributed by atoms with Crippen molar-refractivity contribution in [3.63, 3.8) is 0 Å². The fraction of sp³-hybridized carbons (Fsp3) is 0.278. The first-order chi connectivity index (χ1) is 11.5. The van der Waals surface area contributed by atoms with Crippen molar-refractivity contribution in [2.75, 3.05) is 14.2 Å². The number of methoxy groups -OCH3 is 2. The van der Waals surface area contributed by atoms with E-state index in [4.69, 9.17) is 9.47 Å². The lowest BCUT2D eigenvalue weighted by Gasteiger charge is -2.12. The Balaban J connectivity index is 1.90. The van der Waals surface area contributed by atoms with E-state index in [2.05, 4.69) is 9.97 Å². The standard InChI is InChI=1S/C18H20N2O3S/c1-11-5-6-13(12(2)17(11)23-4)10-24(21)18-19-15-8-7-14(22-3)9-16(15)20-18/h5-9H,10H2,1-4H3,(H,19,20)/t24-/m1/s1. The Hall–Kier alpha value is -2.34. The van der Waals surface area contributed by atoms with Gasteiger partial charge >= 0.3 is 0 Å². The normalized spacial score (nSPS) is 12.3. The quantitative estimate of drug-likeness (QED) is 0.769. The van der Waals surface area contributed by atoms with Crippen LogP contribution in [0.5, 0.6) is 11.5 Å². The Bertz CT molecular complexity index is 918. The highest BCUT2D eigenvalue weighted by Crippen LogP contribution is 2.27. The van der Waals surface area contributed by atoms with E-state index in [0.29, 0.717) is 10.9 Å². The molecule has 1 N–H and O–H groups in total. The number of nitrogens with one attached hydrogen (secondary N) is 1. The Labute approximate surface area is 143 Å². The van der Waals surface area contributed by atoms with E-state index in [1.807, 2.05) is 44.2 Å². The van der Waals surface area contributed by atoms with Crippen molar-refractivity contribution in [2.24, 2.45) is 0 Å². The van der Waals surface area contributed by atoms with Crippen LogP contribution in [0.3, 0.4) is 0 Å². The van der Waals surface area contributed by atoms with Crippen molar-refractivity contribution in [3.8, 4) is 11.5 Å². The summed E-state index contributed by atoms with van der Waals surface area (Å²) >= 11 is 0. The Morgan fingerprint density at radius 2 is 1.92 bits per heavy atom. The molecule has 5 nitrogen and oxygen atoms in total. The summed E-state index contributed by atoms with van der Waals surface area (Å²) in [6.45, 7) is 3.99. The number of aromatic nitrogens is 2. The fourth-order valence-electron chi connectivity index (χ4n) is 2.75. The number of hydrogen-bond donors (Lipinski definition) is 1. The number of rotatable bonds is 5. The molecule has 6 heteroatoms. The second-order valence-electron chi connectivity index (χ2n) is 5.61. The van der Waals surface area contributed by atoms with Gasteiger partial charge in [0.1, 0.15) is 11.5 Å². The first kappa shape index (κ1) is 16.5. The molecule has 0 aliphatic carbocycles. The number of H-pyrrole nitrogens is 1. The molecular weight excluding hydrogens is 324 g/mol. The number of aryl methyl sites for hydroxylation is 1. The van der Waals surface area contributed by atoms with Crippen LogP contribution in [0, 0.1) is 13.8 Å². The van der Waals surface area contributed by atoms with E-state index < -0.39 is 10.8 Å². The zero-order chi connectivity index (χ0) is 17.3. The Morgan fingerprint density at radius 3 is 2.62 bits per heavy atom. The molecule has 2 aromatic carbocycles. The Morgan fingerprint density at radius 1 is 1.12 bits per heavy atom. The van der Waals surface area contributed by atoms with Gasteiger partial charge in [-0.15, -0.1) is 0 Å². The molecule has 126 valence electrons. The van der Waals surface area contributed by atoms with Gasteiger partial charge in [0.2, 0.25) is 0 Å². The molecule has 0 bridgehead atoms. The highest BCUT2D eigenvalue weighted by atomic mass is 32.2. The highest BCUT2D eigenvalue weighted by molar-refractivity contribution is 7.84. The molecule has 0 aliphatic rings. The number of ether oxygens (including phenoxy) is 2. The second-order valence-corrected chi connectivity index (χ2v) is 6.98. The van der Waals surface area contributed by atoms with Crippen LogP contribution in [0.15, 0.2) is 35.5 Å². The minimum Gasteiger partial charge on any atom is -0.497 e. The van der Waals surface area contributed by atoms with E-state index in [1.165, 1.54) is 0 Å². The van der Waals surface area contributed by atoms with Gasteiger partial charge in [-0.3, -0.25) is 4.21 Å². The van der Waals surface area contributed by atoms with Gasteiger partial charge in [-0.1, -0.05) is 12.1 Å². The lowest BCUT2D eigenvalue weighted by atomic mass is 10.1. The molecule has 0 saturated heterocycles. The average Bonchev–Trinajstić information content (AvgIpc) is 3.01. The zero-order valence-electron chi connectivity index (χ0n) is 14.2. The van der Waals surface area contributed by atoms with Crippen LogP contribution in [-0.4, -0.2) is 28.4 Å². The van der Waals surface area contributed by atoms with Crippen LogP contribution >= 0.6 is 0 Å². The fourth-order valence-corrected chi connectivity index (χ4v) is 3.90. The van der Waals surface area contributed by atoms with Gasteiger partial charge in [0.05, 0.1) is 41.8 Å². The maximum Gasteiger partial charge on any atom is 0.197 e. The molecular formula is C18H20N2O3S. The van der Waals surface area contributed by atoms with Crippen LogP contribution < -0.4 is 9.47 Å². The summed E-state index contributed by atoms with van der Waals surface area (Å²) in [5.41, 5.74) is 4.67. The third kappa shape index (κ3) is 3.01. The summed E-state index contributed by atoms with van der Waals surface area (Å²) in [7, 11) is 2.00. The van der Waals surface area contributed by atoms with Crippen molar-refractivity contribution in [2.45, 2.75) is 24.8 Å². The van der Waals surface area contributed by atoms with E-state index >= 15 is 0 Å². The van der Waals surface area contributed by atoms with E-state index in [1.54, 1.807) is 14.2 Å². The molecule has 3 aromatic rings. The van der Waals surface area contributed by atoms with Crippen molar-refractivity contribution in [1.82, 2.24) is 9.97 Å². The van der Waals surface area contributed by atoms with Gasteiger partial charge in [-0.05, 0) is 42.7 Å². The summed E-state index contributed by atoms with van der Waals surface area (Å²) < 4.78 is 23.4. The number of fused-ring (bicyclic) bond motifs is 1. The van der Waals surface area contributed by atoms with Gasteiger partial charge in [0.25, 0.3) is 0 Å². The predicted molar refractivity (Wildman–Crippen MR) is 95.2 cm³/mol. The number of nitrogens with zero attached hydrogens (tertiary/aromatic N) is 1. The maximum absolute atomic E-state index is 12.7. The molecule has 1 atom stereocenters. The van der Waals surface area contributed by atoms with Gasteiger partial charge < -0.3 is 14.5 Å². The summed E-state index contributed by atoms with van der Waals surface area (Å²) in [4.78, 5) is 7.56. The predicted octanol–water partition coefficient (Wildman–Crippen LogP) is 3.50. The maximum atomic E-state index is 12.7. The first-order valence-corrected chi connectivity index (χ1v) is 8.90. The molecule has 0 aliphatic heterocycles. The minimum atomic E-state index is -1.27. The summed E-state index contributed by atoms with van der Waals surface area (Å²) in [6.07, 6.45) is 0. The monoisotopic (exact) mass is 344 g/mol. The topological polar surface area (TPSA) is 64.2 Å². The lowest BCUT2D eigenvalue weighted by molar-refractivity contribution is 0.408. The third-order valence-corrected chi connectivity index (χ3v) is 5.29. The minimum absolute atomic E-state index is 0.388. The van der Waals surface area contributed by atoms with Crippen LogP contribution in [0.4, 0.5) is 0 Å². The second kappa shape index (κ2) is 6.65. The van der Waals surface area contributed by atoms with Gasteiger partial charge in [0.15, 0.2) is 5.16 Å². The van der Waals surface area contributed by atoms with Crippen molar-refractivity contribution in [3.05, 3.63) is 47.0 Å². The van der Waals surface area contributed by atoms with Crippen LogP contribution in [-0.2, 0) is 16.6 Å². The summed E-state index contributed by atoms with van der Waals surface area (Å²) in [5.74, 6) is 1.97. The van der Waals surface area contributed by atoms with Crippen molar-refractivity contribution >= 4 is 21.8 Å². The largest absolute Gasteiger partial charge is 0.497 e. The summed E-state index contributed by atoms with van der Waals surface area (Å²) in [5, 5.41) is 0.470. The number of imidazole rings is 1. The van der Waals surface area contributed by atoms with E-state index in [0.717, 1.165) is 39.2 Å². The first-order valence-electron chi connectivity index (χ1n) is 7.58. The molecule has 1 aromatic heterocycles. The molecule has 0 unspecified atom stereocenters. The molecule has 3 rings (SSSR count). The van der Waals surface area contributed by atoms with Gasteiger partial charge in [-0.2, -0.15) is 0 Å². The van der Waals surface area contributed by atoms with Crippen LogP contribution in [0.2, 0.25) is 0 Å². The molecule has 0 spiro atoms. The van der Waals surface area contributed by atoms with Crippen LogP contribution in [0.1, 0.15) is 16.7 Å². The highest BCUT2D eigenvalue weighted by Gasteiger charge is 2.15. The molecule has 0 saturated carbocycles. The summed E-state index contributed by atoms with van der Waals surface area (Å²) in [6, 6.07) is 9.53. The van der Waals surface area contributed by atoms with Crippen LogP contribution in [0.25, 0.3) is 11.0 Å². The van der Waals surface area contributed by atoms with Crippen molar-refractivity contribution in [1.29, 1.82) is 0 Å². The van der Waals surface area contributed by atoms with Gasteiger partial charge in [0, 0.05) is 6.07 Å². The molecule has 0 radical (unpaired) electrons. The third-order valence-electron chi connectivity index (χ3n) is 4.09. The van der Waals surface area contributed by atoms with Crippen molar-refractivity contribution < 1.29 is 13.7 Å². The molecule has 24 heavy (non-hydrogen) atoms. The number of hydrogen-bond acceptors (Lipinski definition) is 4. The molecule has 0 amide bonds. The Kier molecular flexibility index (Phi) is 4.57. The number of benzene rings is 2. The van der Waals surface area contributed by atoms with E-state index in [-0.39, 0.29) is 0 Å². The van der Waals surface area contributed by atoms with Gasteiger partial charge in [-0.25, -0.2) is 4.98 Å². The molecule has 1 heterocycles. The SMILES string of the molecule is COc1ccc2nc([S@](=O)Cc3ccc(C)c(OC)c3C)[nH]c2c1. The lowest BCUT2D eigenvalue weighted by Crippen LogP contribution is -2.02. The zero-order valence-corrected chi connectivity index (χ0v) is 15.0. The smallest absolute Gasteiger partial charge is 0.197 e. The average molecular weight is 344 g/mol. The number of aromatic amines is 1. The molecule has 0 fully saturated rings. The van der Waals surface area contributed by atoms with E-state index in [9.17, 15) is 4.21 Å².